The van der Waals surface area contributed by atoms with Crippen LogP contribution in [0, 0.1) is 13.8 Å². The molecule has 0 radical (unpaired) electrons. The molecule has 0 saturated heterocycles. The highest BCUT2D eigenvalue weighted by atomic mass is 35.5. The van der Waals surface area contributed by atoms with Crippen molar-refractivity contribution in [3.8, 4) is 0 Å². The third-order valence-electron chi connectivity index (χ3n) is 5.82. The van der Waals surface area contributed by atoms with Crippen LogP contribution in [0.5, 0.6) is 0 Å². The Hall–Kier alpha value is -3.93. The van der Waals surface area contributed by atoms with Crippen molar-refractivity contribution >= 4 is 54.7 Å². The van der Waals surface area contributed by atoms with Crippen LogP contribution >= 0.6 is 11.6 Å². The molecule has 3 aromatic carbocycles. The van der Waals surface area contributed by atoms with E-state index in [1.54, 1.807) is 30.3 Å². The molecule has 1 aromatic heterocycles. The number of hydrogen-bond acceptors (Lipinski definition) is 6. The molecule has 4 rings (SSSR count). The van der Waals surface area contributed by atoms with Gasteiger partial charge in [-0.05, 0) is 97.8 Å². The first-order valence-electron chi connectivity index (χ1n) is 11.6. The molecule has 9 nitrogen and oxygen atoms in total. The minimum atomic E-state index is -4.12. The molecule has 0 aliphatic heterocycles. The molecule has 0 aliphatic rings. The van der Waals surface area contributed by atoms with E-state index in [-0.39, 0.29) is 15.6 Å². The molecule has 0 aliphatic carbocycles. The first kappa shape index (κ1) is 28.1. The second-order valence-corrected chi connectivity index (χ2v) is 12.6. The summed E-state index contributed by atoms with van der Waals surface area (Å²) in [7, 11) is -8.02. The average Bonchev–Trinajstić information content (AvgIpc) is 2.90. The predicted octanol–water partition coefficient (Wildman–Crippen LogP) is 4.99. The maximum Gasteiger partial charge on any atom is 0.264 e. The largest absolute Gasteiger partial charge is 0.325 e. The Balaban J connectivity index is 1.55. The van der Waals surface area contributed by atoms with Crippen LogP contribution in [0.15, 0.2) is 101 Å². The van der Waals surface area contributed by atoms with Gasteiger partial charge in [-0.25, -0.2) is 21.8 Å². The maximum atomic E-state index is 13.6. The van der Waals surface area contributed by atoms with Crippen molar-refractivity contribution in [2.45, 2.75) is 23.6 Å². The molecule has 0 fully saturated rings. The summed E-state index contributed by atoms with van der Waals surface area (Å²) < 4.78 is 55.8. The standard InChI is InChI=1S/C27H25ClN4O5S2/c1-19-6-11-23(17-20(19)2)32(39(36,37)25-12-7-21(28)8-13-25)18-27(33)30-22-9-14-24(15-10-22)38(34,35)31-26-5-3-4-16-29-26/h3-17H,18H2,1-2H3,(H,29,31)(H,30,33). The van der Waals surface area contributed by atoms with Crippen molar-refractivity contribution in [1.29, 1.82) is 0 Å². The molecule has 0 atom stereocenters. The number of nitrogens with zero attached hydrogens (tertiary/aromatic N) is 2. The molecule has 0 spiro atoms. The summed E-state index contributed by atoms with van der Waals surface area (Å²) in [4.78, 5) is 16.9. The molecule has 202 valence electrons. The zero-order chi connectivity index (χ0) is 28.2. The van der Waals surface area contributed by atoms with Crippen LogP contribution in [0.3, 0.4) is 0 Å². The van der Waals surface area contributed by atoms with Crippen LogP contribution in [0.4, 0.5) is 17.2 Å². The average molecular weight is 585 g/mol. The number of carbonyl (C=O) groups excluding carboxylic acids is 1. The van der Waals surface area contributed by atoms with Crippen molar-refractivity contribution in [2.75, 3.05) is 20.9 Å². The molecule has 1 heterocycles. The van der Waals surface area contributed by atoms with E-state index < -0.39 is 32.5 Å². The Morgan fingerprint density at radius 2 is 1.51 bits per heavy atom. The van der Waals surface area contributed by atoms with Crippen LogP contribution in [-0.2, 0) is 24.8 Å². The quantitative estimate of drug-likeness (QED) is 0.286. The number of anilines is 3. The summed E-state index contributed by atoms with van der Waals surface area (Å²) in [6.07, 6.45) is 1.46. The Kier molecular flexibility index (Phi) is 8.24. The van der Waals surface area contributed by atoms with E-state index in [2.05, 4.69) is 15.0 Å². The van der Waals surface area contributed by atoms with E-state index >= 15 is 0 Å². The fourth-order valence-electron chi connectivity index (χ4n) is 3.60. The molecular weight excluding hydrogens is 560 g/mol. The second kappa shape index (κ2) is 11.4. The molecule has 12 heteroatoms. The summed E-state index contributed by atoms with van der Waals surface area (Å²) in [6, 6.07) is 21.1. The van der Waals surface area contributed by atoms with Crippen LogP contribution in [0.25, 0.3) is 0 Å². The Morgan fingerprint density at radius 1 is 0.846 bits per heavy atom. The lowest BCUT2D eigenvalue weighted by molar-refractivity contribution is -0.114. The van der Waals surface area contributed by atoms with E-state index in [4.69, 9.17) is 11.6 Å². The van der Waals surface area contributed by atoms with Gasteiger partial charge in [0.2, 0.25) is 5.91 Å². The summed E-state index contributed by atoms with van der Waals surface area (Å²) in [6.45, 7) is 3.23. The number of pyridine rings is 1. The van der Waals surface area contributed by atoms with E-state index in [1.165, 1.54) is 60.8 Å². The summed E-state index contributed by atoms with van der Waals surface area (Å²) >= 11 is 5.93. The zero-order valence-corrected chi connectivity index (χ0v) is 23.4. The van der Waals surface area contributed by atoms with Crippen molar-refractivity contribution in [3.05, 3.63) is 107 Å². The van der Waals surface area contributed by atoms with Crippen molar-refractivity contribution in [2.24, 2.45) is 0 Å². The monoisotopic (exact) mass is 584 g/mol. The van der Waals surface area contributed by atoms with Gasteiger partial charge in [0.1, 0.15) is 12.4 Å². The third kappa shape index (κ3) is 6.75. The highest BCUT2D eigenvalue weighted by molar-refractivity contribution is 7.93. The van der Waals surface area contributed by atoms with Crippen molar-refractivity contribution < 1.29 is 21.6 Å². The van der Waals surface area contributed by atoms with E-state index in [0.29, 0.717) is 16.4 Å². The second-order valence-electron chi connectivity index (χ2n) is 8.63. The smallest absolute Gasteiger partial charge is 0.264 e. The lowest BCUT2D eigenvalue weighted by Gasteiger charge is -2.25. The summed E-state index contributed by atoms with van der Waals surface area (Å²) in [5, 5.41) is 3.02. The van der Waals surface area contributed by atoms with Gasteiger partial charge in [0, 0.05) is 16.9 Å². The topological polar surface area (TPSA) is 126 Å². The minimum Gasteiger partial charge on any atom is -0.325 e. The Bertz CT molecular complexity index is 1700. The van der Waals surface area contributed by atoms with Gasteiger partial charge in [-0.15, -0.1) is 0 Å². The van der Waals surface area contributed by atoms with Gasteiger partial charge in [-0.3, -0.25) is 13.8 Å². The van der Waals surface area contributed by atoms with E-state index in [0.717, 1.165) is 15.4 Å². The number of nitrogens with one attached hydrogen (secondary N) is 2. The van der Waals surface area contributed by atoms with Gasteiger partial charge in [0.15, 0.2) is 0 Å². The van der Waals surface area contributed by atoms with E-state index in [9.17, 15) is 21.6 Å². The number of hydrogen-bond donors (Lipinski definition) is 2. The molecular formula is C27H25ClN4O5S2. The Labute approximate surface area is 232 Å². The molecule has 0 saturated carbocycles. The fourth-order valence-corrected chi connectivity index (χ4v) is 6.14. The van der Waals surface area contributed by atoms with Gasteiger partial charge in [-0.2, -0.15) is 0 Å². The van der Waals surface area contributed by atoms with Gasteiger partial charge < -0.3 is 5.32 Å². The molecule has 0 bridgehead atoms. The SMILES string of the molecule is Cc1ccc(N(CC(=O)Nc2ccc(S(=O)(=O)Nc3ccccn3)cc2)S(=O)(=O)c2ccc(Cl)cc2)cc1C. The molecule has 4 aromatic rings. The maximum absolute atomic E-state index is 13.6. The first-order chi connectivity index (χ1) is 18.5. The number of aryl methyl sites for hydroxylation is 2. The normalized spacial score (nSPS) is 11.6. The third-order valence-corrected chi connectivity index (χ3v) is 9.23. The molecule has 0 unspecified atom stereocenters. The fraction of sp³-hybridized carbons (Fsp3) is 0.111. The number of aromatic nitrogens is 1. The highest BCUT2D eigenvalue weighted by Gasteiger charge is 2.27. The number of rotatable bonds is 9. The predicted molar refractivity (Wildman–Crippen MR) is 152 cm³/mol. The molecule has 2 N–H and O–H groups in total. The van der Waals surface area contributed by atoms with Gasteiger partial charge in [0.05, 0.1) is 15.5 Å². The lowest BCUT2D eigenvalue weighted by atomic mass is 10.1. The zero-order valence-electron chi connectivity index (χ0n) is 21.0. The van der Waals surface area contributed by atoms with Crippen LogP contribution in [-0.4, -0.2) is 34.3 Å². The number of carbonyl (C=O) groups is 1. The summed E-state index contributed by atoms with van der Waals surface area (Å²) in [5.41, 5.74) is 2.45. The van der Waals surface area contributed by atoms with Gasteiger partial charge >= 0.3 is 0 Å². The first-order valence-corrected chi connectivity index (χ1v) is 15.0. The number of amides is 1. The number of sulfonamides is 2. The number of halogens is 1. The van der Waals surface area contributed by atoms with E-state index in [1.807, 2.05) is 13.8 Å². The van der Waals surface area contributed by atoms with Crippen molar-refractivity contribution in [3.63, 3.8) is 0 Å². The van der Waals surface area contributed by atoms with Crippen LogP contribution in [0.1, 0.15) is 11.1 Å². The molecule has 1 amide bonds. The Morgan fingerprint density at radius 3 is 2.13 bits per heavy atom. The minimum absolute atomic E-state index is 0.0205. The summed E-state index contributed by atoms with van der Waals surface area (Å²) in [5.74, 6) is -0.448. The van der Waals surface area contributed by atoms with Crippen LogP contribution < -0.4 is 14.3 Å². The van der Waals surface area contributed by atoms with Gasteiger partial charge in [-0.1, -0.05) is 23.7 Å². The van der Waals surface area contributed by atoms with Crippen LogP contribution in [0.2, 0.25) is 5.02 Å². The van der Waals surface area contributed by atoms with Crippen molar-refractivity contribution in [1.82, 2.24) is 4.98 Å². The number of benzene rings is 3. The lowest BCUT2D eigenvalue weighted by Crippen LogP contribution is -2.38. The van der Waals surface area contributed by atoms with Gasteiger partial charge in [0.25, 0.3) is 20.0 Å². The molecule has 39 heavy (non-hydrogen) atoms. The highest BCUT2D eigenvalue weighted by Crippen LogP contribution is 2.27.